The smallest absolute Gasteiger partial charge is 0.318 e. The summed E-state index contributed by atoms with van der Waals surface area (Å²) in [6.07, 6.45) is 5.78. The van der Waals surface area contributed by atoms with E-state index in [9.17, 15) is 14.9 Å². The average molecular weight is 523 g/mol. The van der Waals surface area contributed by atoms with Gasteiger partial charge < -0.3 is 4.84 Å². The molecule has 0 fully saturated rings. The molecular formula is C33H34N2O4. The molecule has 200 valence electrons. The molecule has 3 aromatic rings. The van der Waals surface area contributed by atoms with E-state index in [4.69, 9.17) is 4.84 Å². The fourth-order valence-electron chi connectivity index (χ4n) is 5.23. The van der Waals surface area contributed by atoms with E-state index in [0.717, 1.165) is 38.9 Å². The number of benzene rings is 3. The van der Waals surface area contributed by atoms with Crippen LogP contribution >= 0.6 is 0 Å². The quantitative estimate of drug-likeness (QED) is 0.0981. The van der Waals surface area contributed by atoms with E-state index in [2.05, 4.69) is 57.1 Å². The second kappa shape index (κ2) is 11.2. The van der Waals surface area contributed by atoms with Crippen molar-refractivity contribution in [2.24, 2.45) is 5.16 Å². The van der Waals surface area contributed by atoms with Gasteiger partial charge in [-0.05, 0) is 87.4 Å². The van der Waals surface area contributed by atoms with Gasteiger partial charge >= 0.3 is 5.97 Å². The Morgan fingerprint density at radius 1 is 0.897 bits per heavy atom. The van der Waals surface area contributed by atoms with Gasteiger partial charge in [-0.3, -0.25) is 10.1 Å². The molecule has 0 amide bonds. The summed E-state index contributed by atoms with van der Waals surface area (Å²) < 4.78 is 0. The summed E-state index contributed by atoms with van der Waals surface area (Å²) in [4.78, 5) is 28.3. The Kier molecular flexibility index (Phi) is 7.95. The van der Waals surface area contributed by atoms with E-state index in [0.29, 0.717) is 18.6 Å². The Morgan fingerprint density at radius 3 is 2.05 bits per heavy atom. The van der Waals surface area contributed by atoms with E-state index >= 15 is 0 Å². The van der Waals surface area contributed by atoms with Crippen LogP contribution in [0.25, 0.3) is 11.1 Å². The maximum Gasteiger partial charge on any atom is 0.332 e. The Balaban J connectivity index is 2.02. The van der Waals surface area contributed by atoms with Gasteiger partial charge in [0.25, 0.3) is 5.69 Å². The van der Waals surface area contributed by atoms with E-state index in [1.807, 2.05) is 43.3 Å². The zero-order chi connectivity index (χ0) is 28.3. The number of nitro groups is 1. The number of nitro benzene ring substituents is 1. The van der Waals surface area contributed by atoms with Gasteiger partial charge in [0.15, 0.2) is 0 Å². The summed E-state index contributed by atoms with van der Waals surface area (Å²) in [6.45, 7) is 11.6. The molecule has 3 aromatic carbocycles. The predicted octanol–water partition coefficient (Wildman–Crippen LogP) is 8.20. The minimum atomic E-state index is -0.514. The fourth-order valence-corrected chi connectivity index (χ4v) is 5.23. The van der Waals surface area contributed by atoms with Gasteiger partial charge in [-0.15, -0.1) is 0 Å². The number of nitrogens with zero attached hydrogens (tertiary/aromatic N) is 2. The third-order valence-corrected chi connectivity index (χ3v) is 7.21. The van der Waals surface area contributed by atoms with Gasteiger partial charge in [0, 0.05) is 35.6 Å². The highest BCUT2D eigenvalue weighted by atomic mass is 16.7. The molecule has 4 rings (SSSR count). The Bertz CT molecular complexity index is 1520. The molecule has 0 N–H and O–H groups in total. The molecule has 0 unspecified atom stereocenters. The van der Waals surface area contributed by atoms with Crippen molar-refractivity contribution in [2.45, 2.75) is 59.8 Å². The number of carbonyl (C=O) groups excluding carboxylic acids is 1. The first-order valence-corrected chi connectivity index (χ1v) is 13.1. The predicted molar refractivity (Wildman–Crippen MR) is 156 cm³/mol. The van der Waals surface area contributed by atoms with Crippen LogP contribution in [0.1, 0.15) is 75.3 Å². The van der Waals surface area contributed by atoms with Gasteiger partial charge in [-0.25, -0.2) is 4.79 Å². The lowest BCUT2D eigenvalue weighted by Gasteiger charge is -2.31. The van der Waals surface area contributed by atoms with Crippen LogP contribution in [0.15, 0.2) is 89.1 Å². The highest BCUT2D eigenvalue weighted by Crippen LogP contribution is 2.54. The summed E-state index contributed by atoms with van der Waals surface area (Å²) in [5, 5.41) is 16.1. The molecule has 0 aliphatic heterocycles. The van der Waals surface area contributed by atoms with Crippen molar-refractivity contribution in [2.75, 3.05) is 0 Å². The number of fused-ring (bicyclic) bond motifs is 3. The maximum absolute atomic E-state index is 11.8. The molecule has 0 saturated heterocycles. The van der Waals surface area contributed by atoms with Crippen LogP contribution < -0.4 is 0 Å². The van der Waals surface area contributed by atoms with Crippen LogP contribution in [0.3, 0.4) is 0 Å². The molecule has 0 aromatic heterocycles. The van der Waals surface area contributed by atoms with E-state index < -0.39 is 11.4 Å². The lowest BCUT2D eigenvalue weighted by Crippen LogP contribution is -2.25. The molecule has 39 heavy (non-hydrogen) atoms. The fraction of sp³-hybridized carbons (Fsp3) is 0.273. The summed E-state index contributed by atoms with van der Waals surface area (Å²) in [7, 11) is 0. The molecule has 0 atom stereocenters. The lowest BCUT2D eigenvalue weighted by atomic mass is 9.71. The summed E-state index contributed by atoms with van der Waals surface area (Å²) in [5.41, 5.74) is 9.24. The van der Waals surface area contributed by atoms with Gasteiger partial charge in [-0.1, -0.05) is 64.9 Å². The van der Waals surface area contributed by atoms with Crippen molar-refractivity contribution < 1.29 is 14.6 Å². The number of oxime groups is 1. The second-order valence-electron chi connectivity index (χ2n) is 10.6. The number of rotatable bonds is 8. The first-order valence-electron chi connectivity index (χ1n) is 13.1. The number of carbonyl (C=O) groups is 1. The Labute approximate surface area is 229 Å². The van der Waals surface area contributed by atoms with Crippen molar-refractivity contribution >= 4 is 17.4 Å². The van der Waals surface area contributed by atoms with Crippen LogP contribution in [0.2, 0.25) is 0 Å². The first kappa shape index (κ1) is 27.7. The average Bonchev–Trinajstić information content (AvgIpc) is 3.16. The van der Waals surface area contributed by atoms with Crippen molar-refractivity contribution in [1.82, 2.24) is 0 Å². The van der Waals surface area contributed by atoms with Crippen LogP contribution in [0.5, 0.6) is 0 Å². The molecule has 1 aliphatic carbocycles. The molecule has 6 nitrogen and oxygen atoms in total. The minimum absolute atomic E-state index is 0.0811. The molecular weight excluding hydrogens is 488 g/mol. The summed E-state index contributed by atoms with van der Waals surface area (Å²) in [5.74, 6) is -0.497. The third kappa shape index (κ3) is 5.60. The van der Waals surface area contributed by atoms with Crippen LogP contribution in [0, 0.1) is 17.0 Å². The SMILES string of the molecule is CC(=O)O/N=C(\c1ccc2c(c1)C(CC=C(C)C)(CC=C(C)C)c1cc([N+](=O)[O-])ccc1-2)c1ccccc1C. The maximum atomic E-state index is 11.8. The van der Waals surface area contributed by atoms with Gasteiger partial charge in [0.1, 0.15) is 5.71 Å². The van der Waals surface area contributed by atoms with Crippen molar-refractivity contribution in [3.8, 4) is 11.1 Å². The third-order valence-electron chi connectivity index (χ3n) is 7.21. The Morgan fingerprint density at radius 2 is 1.49 bits per heavy atom. The zero-order valence-electron chi connectivity index (χ0n) is 23.4. The normalized spacial score (nSPS) is 13.2. The monoisotopic (exact) mass is 522 g/mol. The number of allylic oxidation sites excluding steroid dienone is 4. The molecule has 0 heterocycles. The number of aryl methyl sites for hydroxylation is 1. The summed E-state index contributed by atoms with van der Waals surface area (Å²) >= 11 is 0. The molecule has 0 bridgehead atoms. The number of hydrogen-bond acceptors (Lipinski definition) is 5. The van der Waals surface area contributed by atoms with Crippen molar-refractivity contribution in [3.05, 3.63) is 122 Å². The Hall–Kier alpha value is -4.32. The topological polar surface area (TPSA) is 81.8 Å². The molecule has 0 spiro atoms. The molecule has 0 saturated carbocycles. The van der Waals surface area contributed by atoms with Crippen LogP contribution in [-0.2, 0) is 15.0 Å². The van der Waals surface area contributed by atoms with Crippen LogP contribution in [0.4, 0.5) is 5.69 Å². The summed E-state index contributed by atoms with van der Waals surface area (Å²) in [6, 6.07) is 19.2. The van der Waals surface area contributed by atoms with Gasteiger partial charge in [0.05, 0.1) is 4.92 Å². The molecule has 0 radical (unpaired) electrons. The lowest BCUT2D eigenvalue weighted by molar-refractivity contribution is -0.384. The highest BCUT2D eigenvalue weighted by Gasteiger charge is 2.43. The van der Waals surface area contributed by atoms with Crippen LogP contribution in [-0.4, -0.2) is 16.6 Å². The minimum Gasteiger partial charge on any atom is -0.318 e. The number of hydrogen-bond donors (Lipinski definition) is 0. The standard InChI is InChI=1S/C33H34N2O4/c1-21(2)15-17-33(18-16-22(3)4)30-19-25(32(34-39-24(6)36)27-10-8-7-9-23(27)5)11-13-28(30)29-14-12-26(35(37)38)20-31(29)33/h7-16,19-20H,17-18H2,1-6H3/b34-32+. The largest absolute Gasteiger partial charge is 0.332 e. The van der Waals surface area contributed by atoms with Gasteiger partial charge in [0.2, 0.25) is 0 Å². The number of non-ortho nitro benzene ring substituents is 1. The van der Waals surface area contributed by atoms with E-state index in [1.165, 1.54) is 18.1 Å². The second-order valence-corrected chi connectivity index (χ2v) is 10.6. The molecule has 6 heteroatoms. The zero-order valence-corrected chi connectivity index (χ0v) is 23.4. The van der Waals surface area contributed by atoms with Crippen molar-refractivity contribution in [3.63, 3.8) is 0 Å². The highest BCUT2D eigenvalue weighted by molar-refractivity contribution is 6.14. The van der Waals surface area contributed by atoms with Gasteiger partial charge in [-0.2, -0.15) is 0 Å². The first-order chi connectivity index (χ1) is 18.5. The van der Waals surface area contributed by atoms with E-state index in [-0.39, 0.29) is 10.6 Å². The van der Waals surface area contributed by atoms with Crippen molar-refractivity contribution in [1.29, 1.82) is 0 Å². The van der Waals surface area contributed by atoms with E-state index in [1.54, 1.807) is 12.1 Å². The molecule has 1 aliphatic rings.